The van der Waals surface area contributed by atoms with E-state index >= 15 is 0 Å². The number of hydrogen-bond acceptors (Lipinski definition) is 4. The average molecular weight is 332 g/mol. The minimum Gasteiger partial charge on any atom is -0.396 e. The number of likely N-dealkylation sites (tertiary alicyclic amines) is 1. The van der Waals surface area contributed by atoms with Crippen molar-refractivity contribution in [1.82, 2.24) is 20.4 Å². The number of H-pyrrole nitrogens is 1. The molecule has 0 unspecified atom stereocenters. The summed E-state index contributed by atoms with van der Waals surface area (Å²) >= 11 is 0. The highest BCUT2D eigenvalue weighted by Crippen LogP contribution is 2.25. The van der Waals surface area contributed by atoms with Gasteiger partial charge < -0.3 is 10.4 Å². The molecule has 0 spiro atoms. The molecule has 3 rings (SSSR count). The van der Waals surface area contributed by atoms with Crippen LogP contribution < -0.4 is 5.32 Å². The normalized spacial score (nSPS) is 21.1. The van der Waals surface area contributed by atoms with Gasteiger partial charge in [-0.1, -0.05) is 0 Å². The van der Waals surface area contributed by atoms with Crippen LogP contribution in [-0.4, -0.2) is 51.8 Å². The van der Waals surface area contributed by atoms with Crippen molar-refractivity contribution in [2.45, 2.75) is 19.5 Å². The molecule has 0 aliphatic carbocycles. The fourth-order valence-electron chi connectivity index (χ4n) is 3.24. The van der Waals surface area contributed by atoms with Crippen molar-refractivity contribution < 1.29 is 14.3 Å². The number of hydrogen-bond donors (Lipinski definition) is 3. The van der Waals surface area contributed by atoms with Crippen LogP contribution in [0.5, 0.6) is 0 Å². The van der Waals surface area contributed by atoms with E-state index < -0.39 is 0 Å². The Balaban J connectivity index is 1.72. The summed E-state index contributed by atoms with van der Waals surface area (Å²) in [6, 6.07) is 6.23. The van der Waals surface area contributed by atoms with Crippen molar-refractivity contribution in [1.29, 1.82) is 0 Å². The molecule has 7 heteroatoms. The van der Waals surface area contributed by atoms with Crippen LogP contribution in [-0.2, 0) is 11.3 Å². The van der Waals surface area contributed by atoms with Crippen LogP contribution in [0.15, 0.2) is 30.5 Å². The molecular formula is C17H21FN4O2. The summed E-state index contributed by atoms with van der Waals surface area (Å²) in [5.41, 5.74) is 2.74. The molecule has 1 aromatic heterocycles. The van der Waals surface area contributed by atoms with Gasteiger partial charge in [0.05, 0.1) is 11.9 Å². The molecule has 0 bridgehead atoms. The van der Waals surface area contributed by atoms with Gasteiger partial charge >= 0.3 is 0 Å². The molecule has 1 aromatic carbocycles. The van der Waals surface area contributed by atoms with Gasteiger partial charge in [-0.3, -0.25) is 14.8 Å². The Hall–Kier alpha value is -2.25. The van der Waals surface area contributed by atoms with Crippen LogP contribution in [0.3, 0.4) is 0 Å². The number of aliphatic hydroxyl groups excluding tert-OH is 1. The molecule has 1 saturated heterocycles. The Bertz CT molecular complexity index is 701. The third kappa shape index (κ3) is 3.63. The Labute approximate surface area is 139 Å². The fraction of sp³-hybridized carbons (Fsp3) is 0.412. The number of benzene rings is 1. The van der Waals surface area contributed by atoms with Gasteiger partial charge in [-0.2, -0.15) is 5.10 Å². The quantitative estimate of drug-likeness (QED) is 0.767. The van der Waals surface area contributed by atoms with E-state index in [1.165, 1.54) is 19.1 Å². The van der Waals surface area contributed by atoms with Crippen LogP contribution in [0.25, 0.3) is 11.3 Å². The zero-order valence-electron chi connectivity index (χ0n) is 13.5. The first-order chi connectivity index (χ1) is 11.6. The van der Waals surface area contributed by atoms with Crippen LogP contribution >= 0.6 is 0 Å². The highest BCUT2D eigenvalue weighted by atomic mass is 19.1. The molecule has 0 radical (unpaired) electrons. The van der Waals surface area contributed by atoms with Gasteiger partial charge in [0, 0.05) is 56.3 Å². The zero-order chi connectivity index (χ0) is 17.1. The minimum absolute atomic E-state index is 0.0232. The second-order valence-electron chi connectivity index (χ2n) is 6.22. The third-order valence-electron chi connectivity index (χ3n) is 4.38. The van der Waals surface area contributed by atoms with Crippen LogP contribution in [0.2, 0.25) is 0 Å². The van der Waals surface area contributed by atoms with E-state index in [0.29, 0.717) is 19.6 Å². The lowest BCUT2D eigenvalue weighted by Crippen LogP contribution is -2.40. The Morgan fingerprint density at radius 1 is 1.42 bits per heavy atom. The number of nitrogens with one attached hydrogen (secondary N) is 2. The van der Waals surface area contributed by atoms with Crippen molar-refractivity contribution in [3.63, 3.8) is 0 Å². The summed E-state index contributed by atoms with van der Waals surface area (Å²) in [6.07, 6.45) is 1.76. The molecule has 2 atom stereocenters. The topological polar surface area (TPSA) is 81.2 Å². The number of amides is 1. The van der Waals surface area contributed by atoms with E-state index in [4.69, 9.17) is 0 Å². The van der Waals surface area contributed by atoms with E-state index in [1.807, 2.05) is 0 Å². The van der Waals surface area contributed by atoms with E-state index in [9.17, 15) is 14.3 Å². The van der Waals surface area contributed by atoms with Crippen molar-refractivity contribution in [3.8, 4) is 11.3 Å². The number of carbonyl (C=O) groups is 1. The molecule has 1 aliphatic heterocycles. The SMILES string of the molecule is CC(=O)N[C@@H]1CN(Cc2cn[nH]c2-c2ccc(F)cc2)C[C@H]1CO. The number of carbonyl (C=O) groups excluding carboxylic acids is 1. The number of aromatic amines is 1. The van der Waals surface area contributed by atoms with Gasteiger partial charge in [-0.15, -0.1) is 0 Å². The number of aliphatic hydroxyl groups is 1. The summed E-state index contributed by atoms with van der Waals surface area (Å²) in [7, 11) is 0. The number of aromatic nitrogens is 2. The van der Waals surface area contributed by atoms with Crippen molar-refractivity contribution in [2.24, 2.45) is 5.92 Å². The van der Waals surface area contributed by atoms with Gasteiger partial charge in [0.15, 0.2) is 0 Å². The molecule has 6 nitrogen and oxygen atoms in total. The van der Waals surface area contributed by atoms with Crippen molar-refractivity contribution in [3.05, 3.63) is 41.8 Å². The van der Waals surface area contributed by atoms with E-state index in [2.05, 4.69) is 20.4 Å². The fourth-order valence-corrected chi connectivity index (χ4v) is 3.24. The molecule has 1 amide bonds. The number of rotatable bonds is 5. The predicted octanol–water partition coefficient (Wildman–Crippen LogP) is 1.14. The second-order valence-corrected chi connectivity index (χ2v) is 6.22. The molecule has 2 heterocycles. The average Bonchev–Trinajstić information content (AvgIpc) is 3.15. The highest BCUT2D eigenvalue weighted by Gasteiger charge is 2.33. The monoisotopic (exact) mass is 332 g/mol. The van der Waals surface area contributed by atoms with Crippen LogP contribution in [0.1, 0.15) is 12.5 Å². The maximum absolute atomic E-state index is 13.1. The Morgan fingerprint density at radius 2 is 2.17 bits per heavy atom. The van der Waals surface area contributed by atoms with Crippen molar-refractivity contribution >= 4 is 5.91 Å². The molecule has 24 heavy (non-hydrogen) atoms. The van der Waals surface area contributed by atoms with Crippen molar-refractivity contribution in [2.75, 3.05) is 19.7 Å². The number of halogens is 1. The van der Waals surface area contributed by atoms with Gasteiger partial charge in [0.1, 0.15) is 5.82 Å². The molecule has 3 N–H and O–H groups in total. The largest absolute Gasteiger partial charge is 0.396 e. The first-order valence-electron chi connectivity index (χ1n) is 7.95. The lowest BCUT2D eigenvalue weighted by Gasteiger charge is -2.16. The van der Waals surface area contributed by atoms with Gasteiger partial charge in [0.25, 0.3) is 0 Å². The molecule has 1 fully saturated rings. The Morgan fingerprint density at radius 3 is 2.83 bits per heavy atom. The number of nitrogens with zero attached hydrogens (tertiary/aromatic N) is 2. The first kappa shape index (κ1) is 16.6. The third-order valence-corrected chi connectivity index (χ3v) is 4.38. The lowest BCUT2D eigenvalue weighted by molar-refractivity contribution is -0.119. The summed E-state index contributed by atoms with van der Waals surface area (Å²) in [5.74, 6) is -0.339. The maximum atomic E-state index is 13.1. The standard InChI is InChI=1S/C17H21FN4O2/c1-11(24)20-16-9-22(8-14(16)10-23)7-13-6-19-21-17(13)12-2-4-15(18)5-3-12/h2-6,14,16,23H,7-10H2,1H3,(H,19,21)(H,20,24)/t14-,16+/m0/s1. The van der Waals surface area contributed by atoms with E-state index in [-0.39, 0.29) is 30.3 Å². The molecule has 0 saturated carbocycles. The van der Waals surface area contributed by atoms with Gasteiger partial charge in [-0.05, 0) is 24.3 Å². The zero-order valence-corrected chi connectivity index (χ0v) is 13.5. The smallest absolute Gasteiger partial charge is 0.217 e. The summed E-state index contributed by atoms with van der Waals surface area (Å²) in [6.45, 7) is 3.56. The minimum atomic E-state index is -0.275. The first-order valence-corrected chi connectivity index (χ1v) is 7.95. The highest BCUT2D eigenvalue weighted by molar-refractivity contribution is 5.73. The molecule has 128 valence electrons. The maximum Gasteiger partial charge on any atom is 0.217 e. The van der Waals surface area contributed by atoms with Crippen LogP contribution in [0.4, 0.5) is 4.39 Å². The van der Waals surface area contributed by atoms with Crippen LogP contribution in [0, 0.1) is 11.7 Å². The van der Waals surface area contributed by atoms with E-state index in [0.717, 1.165) is 16.8 Å². The molecule has 1 aliphatic rings. The van der Waals surface area contributed by atoms with E-state index in [1.54, 1.807) is 18.3 Å². The molecule has 2 aromatic rings. The second kappa shape index (κ2) is 7.11. The summed E-state index contributed by atoms with van der Waals surface area (Å²) < 4.78 is 13.1. The van der Waals surface area contributed by atoms with Gasteiger partial charge in [0.2, 0.25) is 5.91 Å². The Kier molecular flexibility index (Phi) is 4.92. The summed E-state index contributed by atoms with van der Waals surface area (Å²) in [5, 5.41) is 19.5. The lowest BCUT2D eigenvalue weighted by atomic mass is 10.1. The summed E-state index contributed by atoms with van der Waals surface area (Å²) in [4.78, 5) is 13.5. The van der Waals surface area contributed by atoms with Gasteiger partial charge in [-0.25, -0.2) is 4.39 Å². The molecular weight excluding hydrogens is 311 g/mol. The predicted molar refractivity (Wildman–Crippen MR) is 87.4 cm³/mol.